The molecule has 0 saturated heterocycles. The lowest BCUT2D eigenvalue weighted by atomic mass is 9.97. The van der Waals surface area contributed by atoms with Crippen molar-refractivity contribution in [2.24, 2.45) is 23.5 Å². The van der Waals surface area contributed by atoms with E-state index in [4.69, 9.17) is 5.73 Å². The van der Waals surface area contributed by atoms with E-state index in [1.807, 2.05) is 0 Å². The standard InChI is InChI=1S/C13H26N2/c1-2-3-12(8-14)15-9-13(10-4-5-10)11-6-7-11/h10-13,15H,2-9,14H2,1H3. The van der Waals surface area contributed by atoms with Gasteiger partial charge in [0, 0.05) is 12.6 Å². The van der Waals surface area contributed by atoms with Crippen molar-refractivity contribution >= 4 is 0 Å². The quantitative estimate of drug-likeness (QED) is 0.644. The van der Waals surface area contributed by atoms with Crippen molar-refractivity contribution in [2.75, 3.05) is 13.1 Å². The van der Waals surface area contributed by atoms with Gasteiger partial charge in [0.1, 0.15) is 0 Å². The average molecular weight is 210 g/mol. The van der Waals surface area contributed by atoms with Gasteiger partial charge >= 0.3 is 0 Å². The second-order valence-corrected chi connectivity index (χ2v) is 5.47. The number of hydrogen-bond acceptors (Lipinski definition) is 2. The molecule has 2 saturated carbocycles. The second kappa shape index (κ2) is 5.31. The Morgan fingerprint density at radius 3 is 2.20 bits per heavy atom. The third-order valence-electron chi connectivity index (χ3n) is 4.02. The van der Waals surface area contributed by atoms with E-state index in [1.54, 1.807) is 0 Å². The first-order chi connectivity index (χ1) is 7.35. The summed E-state index contributed by atoms with van der Waals surface area (Å²) in [5, 5.41) is 3.69. The van der Waals surface area contributed by atoms with Crippen LogP contribution in [-0.4, -0.2) is 19.1 Å². The maximum atomic E-state index is 5.77. The maximum Gasteiger partial charge on any atom is 0.0190 e. The highest BCUT2D eigenvalue weighted by atomic mass is 14.9. The van der Waals surface area contributed by atoms with Crippen LogP contribution in [0.25, 0.3) is 0 Å². The Hall–Kier alpha value is -0.0800. The van der Waals surface area contributed by atoms with E-state index < -0.39 is 0 Å². The average Bonchev–Trinajstić information content (AvgIpc) is 3.09. The highest BCUT2D eigenvalue weighted by molar-refractivity contribution is 4.92. The minimum absolute atomic E-state index is 0.565. The highest BCUT2D eigenvalue weighted by Crippen LogP contribution is 2.48. The summed E-state index contributed by atoms with van der Waals surface area (Å²) >= 11 is 0. The van der Waals surface area contributed by atoms with Gasteiger partial charge in [-0.3, -0.25) is 0 Å². The summed E-state index contributed by atoms with van der Waals surface area (Å²) in [6.45, 7) is 4.27. The molecular weight excluding hydrogens is 184 g/mol. The highest BCUT2D eigenvalue weighted by Gasteiger charge is 2.41. The van der Waals surface area contributed by atoms with E-state index in [0.717, 1.165) is 24.3 Å². The van der Waals surface area contributed by atoms with Crippen LogP contribution in [0, 0.1) is 17.8 Å². The van der Waals surface area contributed by atoms with Crippen molar-refractivity contribution in [1.29, 1.82) is 0 Å². The predicted octanol–water partition coefficient (Wildman–Crippen LogP) is 2.14. The third kappa shape index (κ3) is 3.46. The molecule has 0 radical (unpaired) electrons. The van der Waals surface area contributed by atoms with Gasteiger partial charge in [0.25, 0.3) is 0 Å². The fraction of sp³-hybridized carbons (Fsp3) is 1.00. The second-order valence-electron chi connectivity index (χ2n) is 5.47. The van der Waals surface area contributed by atoms with Gasteiger partial charge in [-0.15, -0.1) is 0 Å². The Labute approximate surface area is 94.0 Å². The first-order valence-corrected chi connectivity index (χ1v) is 6.78. The zero-order valence-corrected chi connectivity index (χ0v) is 10.0. The number of rotatable bonds is 8. The van der Waals surface area contributed by atoms with Gasteiger partial charge in [-0.05, 0) is 56.4 Å². The van der Waals surface area contributed by atoms with Crippen LogP contribution in [-0.2, 0) is 0 Å². The maximum absolute atomic E-state index is 5.77. The van der Waals surface area contributed by atoms with Crippen molar-refractivity contribution < 1.29 is 0 Å². The Kier molecular flexibility index (Phi) is 4.04. The first kappa shape index (κ1) is 11.4. The van der Waals surface area contributed by atoms with Crippen LogP contribution in [0.4, 0.5) is 0 Å². The van der Waals surface area contributed by atoms with Gasteiger partial charge in [0.15, 0.2) is 0 Å². The van der Waals surface area contributed by atoms with Crippen LogP contribution in [0.1, 0.15) is 45.4 Å². The van der Waals surface area contributed by atoms with Gasteiger partial charge in [0.2, 0.25) is 0 Å². The van der Waals surface area contributed by atoms with Crippen molar-refractivity contribution in [3.63, 3.8) is 0 Å². The molecule has 2 aliphatic rings. The summed E-state index contributed by atoms with van der Waals surface area (Å²) in [4.78, 5) is 0. The SMILES string of the molecule is CCCC(CN)NCC(C1CC1)C1CC1. The zero-order chi connectivity index (χ0) is 10.7. The first-order valence-electron chi connectivity index (χ1n) is 6.78. The van der Waals surface area contributed by atoms with Crippen LogP contribution in [0.5, 0.6) is 0 Å². The van der Waals surface area contributed by atoms with Gasteiger partial charge in [-0.25, -0.2) is 0 Å². The van der Waals surface area contributed by atoms with Crippen LogP contribution < -0.4 is 11.1 Å². The van der Waals surface area contributed by atoms with E-state index in [0.29, 0.717) is 6.04 Å². The predicted molar refractivity (Wildman–Crippen MR) is 64.7 cm³/mol. The summed E-state index contributed by atoms with van der Waals surface area (Å²) in [6.07, 6.45) is 8.44. The van der Waals surface area contributed by atoms with E-state index in [2.05, 4.69) is 12.2 Å². The molecule has 2 aliphatic carbocycles. The molecule has 0 heterocycles. The summed E-state index contributed by atoms with van der Waals surface area (Å²) in [7, 11) is 0. The van der Waals surface area contributed by atoms with Gasteiger partial charge in [-0.2, -0.15) is 0 Å². The molecule has 1 atom stereocenters. The molecule has 0 aromatic rings. The van der Waals surface area contributed by atoms with E-state index in [9.17, 15) is 0 Å². The molecule has 1 unspecified atom stereocenters. The van der Waals surface area contributed by atoms with E-state index >= 15 is 0 Å². The molecule has 0 aliphatic heterocycles. The van der Waals surface area contributed by atoms with Gasteiger partial charge < -0.3 is 11.1 Å². The lowest BCUT2D eigenvalue weighted by Crippen LogP contribution is -2.39. The lowest BCUT2D eigenvalue weighted by molar-refractivity contribution is 0.348. The van der Waals surface area contributed by atoms with Gasteiger partial charge in [0.05, 0.1) is 0 Å². The molecule has 15 heavy (non-hydrogen) atoms. The molecule has 3 N–H and O–H groups in total. The summed E-state index contributed by atoms with van der Waals surface area (Å²) in [5.74, 6) is 3.10. The number of nitrogens with one attached hydrogen (secondary N) is 1. The normalized spacial score (nSPS) is 23.4. The molecular formula is C13H26N2. The minimum Gasteiger partial charge on any atom is -0.329 e. The fourth-order valence-electron chi connectivity index (χ4n) is 2.72. The summed E-state index contributed by atoms with van der Waals surface area (Å²) < 4.78 is 0. The molecule has 2 fully saturated rings. The third-order valence-corrected chi connectivity index (χ3v) is 4.02. The topological polar surface area (TPSA) is 38.0 Å². The molecule has 0 amide bonds. The van der Waals surface area contributed by atoms with Crippen LogP contribution >= 0.6 is 0 Å². The lowest BCUT2D eigenvalue weighted by Gasteiger charge is -2.21. The number of nitrogens with two attached hydrogens (primary N) is 1. The van der Waals surface area contributed by atoms with Crippen LogP contribution in [0.2, 0.25) is 0 Å². The Morgan fingerprint density at radius 1 is 1.20 bits per heavy atom. The van der Waals surface area contributed by atoms with Crippen molar-refractivity contribution in [3.8, 4) is 0 Å². The Morgan fingerprint density at radius 2 is 1.80 bits per heavy atom. The molecule has 88 valence electrons. The molecule has 2 rings (SSSR count). The summed E-state index contributed by atoms with van der Waals surface area (Å²) in [6, 6.07) is 0.565. The van der Waals surface area contributed by atoms with Crippen molar-refractivity contribution in [3.05, 3.63) is 0 Å². The van der Waals surface area contributed by atoms with E-state index in [-0.39, 0.29) is 0 Å². The largest absolute Gasteiger partial charge is 0.329 e. The Bertz CT molecular complexity index is 173. The van der Waals surface area contributed by atoms with Crippen LogP contribution in [0.3, 0.4) is 0 Å². The molecule has 0 aromatic carbocycles. The molecule has 2 heteroatoms. The van der Waals surface area contributed by atoms with Crippen molar-refractivity contribution in [1.82, 2.24) is 5.32 Å². The molecule has 0 spiro atoms. The van der Waals surface area contributed by atoms with Crippen molar-refractivity contribution in [2.45, 2.75) is 51.5 Å². The minimum atomic E-state index is 0.565. The zero-order valence-electron chi connectivity index (χ0n) is 10.0. The van der Waals surface area contributed by atoms with E-state index in [1.165, 1.54) is 45.1 Å². The molecule has 2 nitrogen and oxygen atoms in total. The molecule has 0 bridgehead atoms. The monoisotopic (exact) mass is 210 g/mol. The van der Waals surface area contributed by atoms with Gasteiger partial charge in [-0.1, -0.05) is 13.3 Å². The Balaban J connectivity index is 1.69. The molecule has 0 aromatic heterocycles. The summed E-state index contributed by atoms with van der Waals surface area (Å²) in [5.41, 5.74) is 5.77. The van der Waals surface area contributed by atoms with Crippen LogP contribution in [0.15, 0.2) is 0 Å². The fourth-order valence-corrected chi connectivity index (χ4v) is 2.72. The smallest absolute Gasteiger partial charge is 0.0190 e. The number of hydrogen-bond donors (Lipinski definition) is 2.